The molecule has 1 atom stereocenters. The molecular formula is C12H25N. The molecule has 78 valence electrons. The molecule has 1 aliphatic carbocycles. The van der Waals surface area contributed by atoms with Gasteiger partial charge in [-0.15, -0.1) is 0 Å². The Morgan fingerprint density at radius 2 is 1.69 bits per heavy atom. The topological polar surface area (TPSA) is 12.0 Å². The van der Waals surface area contributed by atoms with Crippen molar-refractivity contribution in [1.29, 1.82) is 0 Å². The van der Waals surface area contributed by atoms with E-state index in [0.717, 1.165) is 17.9 Å². The van der Waals surface area contributed by atoms with Crippen molar-refractivity contribution in [3.05, 3.63) is 0 Å². The first kappa shape index (κ1) is 11.0. The maximum Gasteiger partial charge on any atom is 0.00697 e. The molecule has 0 bridgehead atoms. The van der Waals surface area contributed by atoms with Crippen LogP contribution in [0.15, 0.2) is 0 Å². The summed E-state index contributed by atoms with van der Waals surface area (Å²) in [6.45, 7) is 9.55. The van der Waals surface area contributed by atoms with Crippen LogP contribution in [0.3, 0.4) is 0 Å². The average molecular weight is 183 g/mol. The number of hydrogen-bond donors (Lipinski definition) is 1. The van der Waals surface area contributed by atoms with Crippen molar-refractivity contribution in [2.24, 2.45) is 17.3 Å². The van der Waals surface area contributed by atoms with E-state index in [1.807, 2.05) is 0 Å². The van der Waals surface area contributed by atoms with E-state index >= 15 is 0 Å². The lowest BCUT2D eigenvalue weighted by molar-refractivity contribution is 0.117. The molecule has 0 saturated heterocycles. The van der Waals surface area contributed by atoms with Crippen LogP contribution in [-0.4, -0.2) is 13.1 Å². The van der Waals surface area contributed by atoms with Crippen LogP contribution in [0.25, 0.3) is 0 Å². The van der Waals surface area contributed by atoms with E-state index < -0.39 is 0 Å². The van der Waals surface area contributed by atoms with Gasteiger partial charge in [-0.25, -0.2) is 0 Å². The molecule has 1 N–H and O–H groups in total. The molecule has 1 nitrogen and oxygen atoms in total. The SMILES string of the molecule is CNC1CCC(C(C)C)(C(C)C)C1. The zero-order chi connectivity index (χ0) is 10.1. The molecule has 13 heavy (non-hydrogen) atoms. The average Bonchev–Trinajstić information content (AvgIpc) is 2.48. The van der Waals surface area contributed by atoms with Gasteiger partial charge in [0.05, 0.1) is 0 Å². The summed E-state index contributed by atoms with van der Waals surface area (Å²) >= 11 is 0. The minimum atomic E-state index is 0.605. The molecule has 1 heteroatoms. The highest BCUT2D eigenvalue weighted by atomic mass is 14.9. The second-order valence-electron chi connectivity index (χ2n) is 5.27. The highest BCUT2D eigenvalue weighted by molar-refractivity contribution is 4.95. The predicted octanol–water partition coefficient (Wildman–Crippen LogP) is 3.06. The highest BCUT2D eigenvalue weighted by Crippen LogP contribution is 2.49. The Labute approximate surface area is 83.3 Å². The molecule has 0 aliphatic heterocycles. The van der Waals surface area contributed by atoms with Crippen molar-refractivity contribution in [3.63, 3.8) is 0 Å². The zero-order valence-electron chi connectivity index (χ0n) is 9.85. The van der Waals surface area contributed by atoms with Crippen LogP contribution in [0.1, 0.15) is 47.0 Å². The Bertz CT molecular complexity index is 153. The van der Waals surface area contributed by atoms with E-state index in [2.05, 4.69) is 40.1 Å². The van der Waals surface area contributed by atoms with Gasteiger partial charge in [0.2, 0.25) is 0 Å². The lowest BCUT2D eigenvalue weighted by atomic mass is 9.67. The number of rotatable bonds is 3. The Morgan fingerprint density at radius 1 is 1.15 bits per heavy atom. The molecule has 0 aromatic heterocycles. The normalized spacial score (nSPS) is 27.5. The summed E-state index contributed by atoms with van der Waals surface area (Å²) < 4.78 is 0. The van der Waals surface area contributed by atoms with E-state index in [0.29, 0.717) is 5.41 Å². The minimum absolute atomic E-state index is 0.605. The van der Waals surface area contributed by atoms with Gasteiger partial charge in [-0.05, 0) is 43.6 Å². The van der Waals surface area contributed by atoms with E-state index in [9.17, 15) is 0 Å². The lowest BCUT2D eigenvalue weighted by Gasteiger charge is -2.38. The van der Waals surface area contributed by atoms with E-state index in [-0.39, 0.29) is 0 Å². The predicted molar refractivity (Wildman–Crippen MR) is 58.8 cm³/mol. The van der Waals surface area contributed by atoms with Crippen LogP contribution in [0.2, 0.25) is 0 Å². The van der Waals surface area contributed by atoms with Gasteiger partial charge in [-0.3, -0.25) is 0 Å². The molecule has 0 aromatic carbocycles. The molecule has 1 saturated carbocycles. The second-order valence-corrected chi connectivity index (χ2v) is 5.27. The third-order valence-electron chi connectivity index (χ3n) is 4.29. The van der Waals surface area contributed by atoms with Crippen LogP contribution < -0.4 is 5.32 Å². The number of nitrogens with one attached hydrogen (secondary N) is 1. The molecule has 1 unspecified atom stereocenters. The first-order valence-corrected chi connectivity index (χ1v) is 5.70. The summed E-state index contributed by atoms with van der Waals surface area (Å²) in [5, 5.41) is 3.43. The largest absolute Gasteiger partial charge is 0.317 e. The molecule has 0 aromatic rings. The maximum absolute atomic E-state index is 3.43. The fourth-order valence-electron chi connectivity index (χ4n) is 3.07. The van der Waals surface area contributed by atoms with E-state index in [4.69, 9.17) is 0 Å². The molecule has 0 amide bonds. The van der Waals surface area contributed by atoms with Crippen molar-refractivity contribution < 1.29 is 0 Å². The van der Waals surface area contributed by atoms with Gasteiger partial charge in [0.15, 0.2) is 0 Å². The fraction of sp³-hybridized carbons (Fsp3) is 1.00. The van der Waals surface area contributed by atoms with Crippen molar-refractivity contribution in [2.45, 2.75) is 53.0 Å². The lowest BCUT2D eigenvalue weighted by Crippen LogP contribution is -2.33. The van der Waals surface area contributed by atoms with E-state index in [1.54, 1.807) is 0 Å². The minimum Gasteiger partial charge on any atom is -0.317 e. The van der Waals surface area contributed by atoms with Crippen LogP contribution in [-0.2, 0) is 0 Å². The van der Waals surface area contributed by atoms with Crippen LogP contribution in [0, 0.1) is 17.3 Å². The maximum atomic E-state index is 3.43. The summed E-state index contributed by atoms with van der Waals surface area (Å²) in [6, 6.07) is 0.768. The molecule has 0 radical (unpaired) electrons. The first-order valence-electron chi connectivity index (χ1n) is 5.70. The summed E-state index contributed by atoms with van der Waals surface area (Å²) in [5.74, 6) is 1.65. The van der Waals surface area contributed by atoms with Gasteiger partial charge in [0, 0.05) is 6.04 Å². The van der Waals surface area contributed by atoms with Gasteiger partial charge >= 0.3 is 0 Å². The Kier molecular flexibility index (Phi) is 3.39. The van der Waals surface area contributed by atoms with Crippen molar-refractivity contribution in [3.8, 4) is 0 Å². The molecule has 0 heterocycles. The van der Waals surface area contributed by atoms with Crippen molar-refractivity contribution in [1.82, 2.24) is 5.32 Å². The molecule has 1 fully saturated rings. The molecule has 1 rings (SSSR count). The Balaban J connectivity index is 2.72. The third kappa shape index (κ3) is 1.90. The summed E-state index contributed by atoms with van der Waals surface area (Å²) in [6.07, 6.45) is 4.15. The third-order valence-corrected chi connectivity index (χ3v) is 4.29. The van der Waals surface area contributed by atoms with Crippen molar-refractivity contribution in [2.75, 3.05) is 7.05 Å². The first-order chi connectivity index (χ1) is 6.03. The summed E-state index contributed by atoms with van der Waals surface area (Å²) in [5.41, 5.74) is 0.605. The van der Waals surface area contributed by atoms with Gasteiger partial charge in [0.25, 0.3) is 0 Å². The smallest absolute Gasteiger partial charge is 0.00697 e. The van der Waals surface area contributed by atoms with Crippen molar-refractivity contribution >= 4 is 0 Å². The molecular weight excluding hydrogens is 158 g/mol. The standard InChI is InChI=1S/C12H25N/c1-9(2)12(10(3)4)7-6-11(8-12)13-5/h9-11,13H,6-8H2,1-5H3. The summed E-state index contributed by atoms with van der Waals surface area (Å²) in [4.78, 5) is 0. The fourth-order valence-corrected chi connectivity index (χ4v) is 3.07. The van der Waals surface area contributed by atoms with E-state index in [1.165, 1.54) is 19.3 Å². The van der Waals surface area contributed by atoms with Crippen LogP contribution in [0.4, 0.5) is 0 Å². The van der Waals surface area contributed by atoms with Crippen LogP contribution in [0.5, 0.6) is 0 Å². The second kappa shape index (κ2) is 4.00. The van der Waals surface area contributed by atoms with Gasteiger partial charge in [0.1, 0.15) is 0 Å². The quantitative estimate of drug-likeness (QED) is 0.709. The van der Waals surface area contributed by atoms with Gasteiger partial charge in [-0.1, -0.05) is 27.7 Å². The van der Waals surface area contributed by atoms with Gasteiger partial charge < -0.3 is 5.32 Å². The number of hydrogen-bond acceptors (Lipinski definition) is 1. The Morgan fingerprint density at radius 3 is 1.92 bits per heavy atom. The molecule has 0 spiro atoms. The highest BCUT2D eigenvalue weighted by Gasteiger charge is 2.43. The van der Waals surface area contributed by atoms with Gasteiger partial charge in [-0.2, -0.15) is 0 Å². The Hall–Kier alpha value is -0.0400. The van der Waals surface area contributed by atoms with Crippen LogP contribution >= 0.6 is 0 Å². The monoisotopic (exact) mass is 183 g/mol. The zero-order valence-corrected chi connectivity index (χ0v) is 9.85. The summed E-state index contributed by atoms with van der Waals surface area (Å²) in [7, 11) is 2.10. The molecule has 1 aliphatic rings.